The molecule has 6 heteroatoms. The number of amides is 1. The number of nitrogens with zero attached hydrogens (tertiary/aromatic N) is 2. The van der Waals surface area contributed by atoms with Crippen LogP contribution in [0.25, 0.3) is 5.76 Å². The lowest BCUT2D eigenvalue weighted by molar-refractivity contribution is -0.140. The molecule has 0 saturated carbocycles. The summed E-state index contributed by atoms with van der Waals surface area (Å²) >= 11 is 5.93. The SMILES string of the molecule is O=C1C(=O)N(Cc2cccnc2)[C@H](c2ccccc2)/C1=C(\O)c1ccc(Cl)cc1. The minimum Gasteiger partial charge on any atom is -0.507 e. The van der Waals surface area contributed by atoms with Crippen molar-refractivity contribution >= 4 is 29.1 Å². The van der Waals surface area contributed by atoms with Gasteiger partial charge in [-0.05, 0) is 41.5 Å². The van der Waals surface area contributed by atoms with Gasteiger partial charge < -0.3 is 10.0 Å². The Labute approximate surface area is 172 Å². The molecule has 0 aliphatic carbocycles. The maximum atomic E-state index is 12.9. The quantitative estimate of drug-likeness (QED) is 0.398. The first-order valence-corrected chi connectivity index (χ1v) is 9.42. The highest BCUT2D eigenvalue weighted by atomic mass is 35.5. The van der Waals surface area contributed by atoms with Gasteiger partial charge in [-0.15, -0.1) is 0 Å². The topological polar surface area (TPSA) is 70.5 Å². The Morgan fingerprint density at radius 3 is 2.38 bits per heavy atom. The average Bonchev–Trinajstić information content (AvgIpc) is 3.00. The Balaban J connectivity index is 1.85. The third-order valence-corrected chi connectivity index (χ3v) is 5.10. The fraction of sp³-hybridized carbons (Fsp3) is 0.0870. The lowest BCUT2D eigenvalue weighted by atomic mass is 9.95. The summed E-state index contributed by atoms with van der Waals surface area (Å²) in [4.78, 5) is 31.4. The first kappa shape index (κ1) is 18.9. The van der Waals surface area contributed by atoms with E-state index < -0.39 is 17.7 Å². The van der Waals surface area contributed by atoms with Crippen LogP contribution in [-0.2, 0) is 16.1 Å². The summed E-state index contributed by atoms with van der Waals surface area (Å²) in [6, 6.07) is 18.6. The monoisotopic (exact) mass is 404 g/mol. The third kappa shape index (κ3) is 3.65. The zero-order valence-corrected chi connectivity index (χ0v) is 16.1. The van der Waals surface area contributed by atoms with Gasteiger partial charge in [0.15, 0.2) is 0 Å². The summed E-state index contributed by atoms with van der Waals surface area (Å²) in [5.41, 5.74) is 2.02. The second-order valence-corrected chi connectivity index (χ2v) is 7.14. The summed E-state index contributed by atoms with van der Waals surface area (Å²) in [7, 11) is 0. The van der Waals surface area contributed by atoms with Gasteiger partial charge >= 0.3 is 0 Å². The molecule has 2 aromatic carbocycles. The molecule has 1 amide bonds. The minimum absolute atomic E-state index is 0.0624. The van der Waals surface area contributed by atoms with Crippen LogP contribution in [-0.4, -0.2) is 26.7 Å². The van der Waals surface area contributed by atoms with E-state index >= 15 is 0 Å². The molecule has 2 heterocycles. The summed E-state index contributed by atoms with van der Waals surface area (Å²) in [5, 5.41) is 11.5. The van der Waals surface area contributed by atoms with E-state index in [4.69, 9.17) is 11.6 Å². The van der Waals surface area contributed by atoms with Crippen LogP contribution >= 0.6 is 11.6 Å². The van der Waals surface area contributed by atoms with E-state index in [-0.39, 0.29) is 17.9 Å². The Kier molecular flexibility index (Phi) is 5.14. The van der Waals surface area contributed by atoms with E-state index in [1.54, 1.807) is 42.7 Å². The van der Waals surface area contributed by atoms with E-state index in [1.807, 2.05) is 36.4 Å². The number of aromatic nitrogens is 1. The number of Topliss-reactive ketones (excluding diaryl/α,β-unsaturated/α-hetero) is 1. The number of pyridine rings is 1. The summed E-state index contributed by atoms with van der Waals surface area (Å²) in [5.74, 6) is -1.59. The number of aliphatic hydroxyl groups excluding tert-OH is 1. The highest BCUT2D eigenvalue weighted by Gasteiger charge is 2.46. The molecular formula is C23H17ClN2O3. The Morgan fingerprint density at radius 1 is 1.00 bits per heavy atom. The number of carbonyl (C=O) groups excluding carboxylic acids is 2. The zero-order chi connectivity index (χ0) is 20.4. The number of ketones is 1. The molecule has 0 radical (unpaired) electrons. The third-order valence-electron chi connectivity index (χ3n) is 4.85. The van der Waals surface area contributed by atoms with Crippen molar-refractivity contribution in [3.8, 4) is 0 Å². The van der Waals surface area contributed by atoms with Crippen LogP contribution < -0.4 is 0 Å². The Bertz CT molecular complexity index is 1080. The normalized spacial score (nSPS) is 18.2. The van der Waals surface area contributed by atoms with Gasteiger partial charge in [-0.25, -0.2) is 0 Å². The highest BCUT2D eigenvalue weighted by molar-refractivity contribution is 6.46. The summed E-state index contributed by atoms with van der Waals surface area (Å²) in [6.45, 7) is 0.204. The van der Waals surface area contributed by atoms with Crippen molar-refractivity contribution in [2.24, 2.45) is 0 Å². The van der Waals surface area contributed by atoms with E-state index in [0.29, 0.717) is 10.6 Å². The molecule has 1 saturated heterocycles. The second kappa shape index (κ2) is 7.89. The van der Waals surface area contributed by atoms with Crippen LogP contribution in [0.15, 0.2) is 84.7 Å². The Hall–Kier alpha value is -3.44. The smallest absolute Gasteiger partial charge is 0.295 e. The second-order valence-electron chi connectivity index (χ2n) is 6.71. The number of hydrogen-bond donors (Lipinski definition) is 1. The van der Waals surface area contributed by atoms with Crippen LogP contribution in [0.4, 0.5) is 0 Å². The number of halogens is 1. The van der Waals surface area contributed by atoms with Crippen molar-refractivity contribution in [1.29, 1.82) is 0 Å². The lowest BCUT2D eigenvalue weighted by Crippen LogP contribution is -2.29. The van der Waals surface area contributed by atoms with Crippen molar-refractivity contribution in [2.45, 2.75) is 12.6 Å². The molecule has 3 aromatic rings. The van der Waals surface area contributed by atoms with Crippen molar-refractivity contribution in [3.63, 3.8) is 0 Å². The molecule has 0 unspecified atom stereocenters. The van der Waals surface area contributed by atoms with Crippen LogP contribution in [0, 0.1) is 0 Å². The molecule has 29 heavy (non-hydrogen) atoms. The molecular weight excluding hydrogens is 388 g/mol. The van der Waals surface area contributed by atoms with Crippen molar-refractivity contribution in [3.05, 3.63) is 106 Å². The van der Waals surface area contributed by atoms with Gasteiger partial charge in [0, 0.05) is 29.5 Å². The van der Waals surface area contributed by atoms with E-state index in [1.165, 1.54) is 4.90 Å². The largest absolute Gasteiger partial charge is 0.507 e. The molecule has 1 aliphatic rings. The number of carbonyl (C=O) groups is 2. The number of rotatable bonds is 4. The van der Waals surface area contributed by atoms with Gasteiger partial charge in [-0.2, -0.15) is 0 Å². The number of benzene rings is 2. The van der Waals surface area contributed by atoms with Crippen LogP contribution in [0.5, 0.6) is 0 Å². The van der Waals surface area contributed by atoms with E-state index in [0.717, 1.165) is 11.1 Å². The van der Waals surface area contributed by atoms with Gasteiger partial charge in [-0.3, -0.25) is 14.6 Å². The van der Waals surface area contributed by atoms with Gasteiger partial charge in [0.1, 0.15) is 5.76 Å². The first-order chi connectivity index (χ1) is 14.1. The van der Waals surface area contributed by atoms with Crippen molar-refractivity contribution < 1.29 is 14.7 Å². The van der Waals surface area contributed by atoms with Gasteiger partial charge in [-0.1, -0.05) is 48.0 Å². The molecule has 1 N–H and O–H groups in total. The maximum Gasteiger partial charge on any atom is 0.295 e. The molecule has 1 aliphatic heterocycles. The van der Waals surface area contributed by atoms with Crippen LogP contribution in [0.2, 0.25) is 5.02 Å². The number of likely N-dealkylation sites (tertiary alicyclic amines) is 1. The standard InChI is InChI=1S/C23H17ClN2O3/c24-18-10-8-17(9-11-18)21(27)19-20(16-6-2-1-3-7-16)26(23(29)22(19)28)14-15-5-4-12-25-13-15/h1-13,20,27H,14H2/b21-19+/t20-/m1/s1. The maximum absolute atomic E-state index is 12.9. The predicted molar refractivity (Wildman–Crippen MR) is 110 cm³/mol. The zero-order valence-electron chi connectivity index (χ0n) is 15.3. The summed E-state index contributed by atoms with van der Waals surface area (Å²) in [6.07, 6.45) is 3.30. The van der Waals surface area contributed by atoms with Gasteiger partial charge in [0.25, 0.3) is 11.7 Å². The molecule has 5 nitrogen and oxygen atoms in total. The fourth-order valence-electron chi connectivity index (χ4n) is 3.48. The first-order valence-electron chi connectivity index (χ1n) is 9.04. The van der Waals surface area contributed by atoms with E-state index in [9.17, 15) is 14.7 Å². The molecule has 0 bridgehead atoms. The number of aliphatic hydroxyl groups is 1. The fourth-order valence-corrected chi connectivity index (χ4v) is 3.60. The van der Waals surface area contributed by atoms with Crippen LogP contribution in [0.3, 0.4) is 0 Å². The van der Waals surface area contributed by atoms with Crippen molar-refractivity contribution in [2.75, 3.05) is 0 Å². The van der Waals surface area contributed by atoms with Gasteiger partial charge in [0.2, 0.25) is 0 Å². The molecule has 4 rings (SSSR count). The number of hydrogen-bond acceptors (Lipinski definition) is 4. The highest BCUT2D eigenvalue weighted by Crippen LogP contribution is 2.40. The van der Waals surface area contributed by atoms with Crippen LogP contribution in [0.1, 0.15) is 22.7 Å². The predicted octanol–water partition coefficient (Wildman–Crippen LogP) is 4.36. The van der Waals surface area contributed by atoms with E-state index in [2.05, 4.69) is 4.98 Å². The lowest BCUT2D eigenvalue weighted by Gasteiger charge is -2.25. The molecule has 1 fully saturated rings. The molecule has 1 atom stereocenters. The molecule has 144 valence electrons. The Morgan fingerprint density at radius 2 is 1.72 bits per heavy atom. The molecule has 1 aromatic heterocycles. The average molecular weight is 405 g/mol. The summed E-state index contributed by atoms with van der Waals surface area (Å²) < 4.78 is 0. The van der Waals surface area contributed by atoms with Gasteiger partial charge in [0.05, 0.1) is 11.6 Å². The molecule has 0 spiro atoms. The van der Waals surface area contributed by atoms with Crippen molar-refractivity contribution in [1.82, 2.24) is 9.88 Å². The minimum atomic E-state index is -0.713.